The molecule has 0 spiro atoms. The number of rotatable bonds is 2. The average molecular weight is 243 g/mol. The fourth-order valence-electron chi connectivity index (χ4n) is 1.86. The highest BCUT2D eigenvalue weighted by Crippen LogP contribution is 2.20. The molecule has 0 unspecified atom stereocenters. The van der Waals surface area contributed by atoms with E-state index in [-0.39, 0.29) is 4.90 Å². The van der Waals surface area contributed by atoms with Crippen LogP contribution in [0.2, 0.25) is 0 Å². The van der Waals surface area contributed by atoms with Crippen LogP contribution >= 0.6 is 0 Å². The van der Waals surface area contributed by atoms with Gasteiger partial charge in [0.15, 0.2) is 0 Å². The van der Waals surface area contributed by atoms with Crippen molar-refractivity contribution in [3.05, 3.63) is 30.1 Å². The molecule has 1 aromatic rings. The smallest absolute Gasteiger partial charge is 0.207 e. The summed E-state index contributed by atoms with van der Waals surface area (Å²) in [5, 5.41) is 0. The molecule has 0 N–H and O–H groups in total. The maximum absolute atomic E-state index is 12.7. The van der Waals surface area contributed by atoms with E-state index in [1.54, 1.807) is 0 Å². The highest BCUT2D eigenvalue weighted by atomic mass is 32.2. The minimum atomic E-state index is -3.41. The Balaban J connectivity index is 2.27. The van der Waals surface area contributed by atoms with Crippen LogP contribution in [0.25, 0.3) is 0 Å². The Morgan fingerprint density at radius 1 is 1.00 bits per heavy atom. The Morgan fingerprint density at radius 2 is 1.56 bits per heavy atom. The first kappa shape index (κ1) is 11.5. The van der Waals surface area contributed by atoms with Gasteiger partial charge in [0.2, 0.25) is 10.0 Å². The van der Waals surface area contributed by atoms with Gasteiger partial charge >= 0.3 is 0 Å². The lowest BCUT2D eigenvalue weighted by molar-refractivity contribution is 0.346. The lowest BCUT2D eigenvalue weighted by Crippen LogP contribution is -2.35. The predicted molar refractivity (Wildman–Crippen MR) is 59.0 cm³/mol. The van der Waals surface area contributed by atoms with Crippen LogP contribution in [0.4, 0.5) is 4.39 Å². The van der Waals surface area contributed by atoms with Crippen molar-refractivity contribution >= 4 is 10.0 Å². The van der Waals surface area contributed by atoms with Crippen LogP contribution in [0.15, 0.2) is 29.2 Å². The number of sulfonamides is 1. The summed E-state index contributed by atoms with van der Waals surface area (Å²) in [6, 6.07) is 4.99. The maximum Gasteiger partial charge on any atom is 0.243 e. The Hall–Kier alpha value is -0.940. The molecule has 2 rings (SSSR count). The van der Waals surface area contributed by atoms with Gasteiger partial charge in [-0.15, -0.1) is 0 Å². The molecule has 1 saturated heterocycles. The highest BCUT2D eigenvalue weighted by Gasteiger charge is 2.25. The van der Waals surface area contributed by atoms with Gasteiger partial charge in [0.05, 0.1) is 4.90 Å². The zero-order chi connectivity index (χ0) is 11.6. The lowest BCUT2D eigenvalue weighted by Gasteiger charge is -2.25. The van der Waals surface area contributed by atoms with E-state index in [0.29, 0.717) is 13.1 Å². The van der Waals surface area contributed by atoms with E-state index in [1.807, 2.05) is 0 Å². The van der Waals surface area contributed by atoms with E-state index in [1.165, 1.54) is 28.6 Å². The summed E-state index contributed by atoms with van der Waals surface area (Å²) in [5.41, 5.74) is 0. The van der Waals surface area contributed by atoms with E-state index in [0.717, 1.165) is 19.3 Å². The summed E-state index contributed by atoms with van der Waals surface area (Å²) in [7, 11) is -3.41. The summed E-state index contributed by atoms with van der Waals surface area (Å²) in [6.07, 6.45) is 2.89. The summed E-state index contributed by atoms with van der Waals surface area (Å²) in [6.45, 7) is 1.14. The second-order valence-corrected chi connectivity index (χ2v) is 5.86. The van der Waals surface area contributed by atoms with Gasteiger partial charge in [0.1, 0.15) is 5.82 Å². The molecule has 0 saturated carbocycles. The zero-order valence-electron chi connectivity index (χ0n) is 8.89. The molecule has 0 aromatic heterocycles. The quantitative estimate of drug-likeness (QED) is 0.796. The molecular weight excluding hydrogens is 229 g/mol. The Morgan fingerprint density at radius 3 is 2.12 bits per heavy atom. The summed E-state index contributed by atoms with van der Waals surface area (Å²) in [5.74, 6) is -0.419. The molecule has 3 nitrogen and oxygen atoms in total. The van der Waals surface area contributed by atoms with Crippen molar-refractivity contribution in [3.8, 4) is 0 Å². The van der Waals surface area contributed by atoms with Gasteiger partial charge in [-0.2, -0.15) is 4.31 Å². The SMILES string of the molecule is O=S(=O)(c1ccc(F)cc1)N1CCCCC1. The fraction of sp³-hybridized carbons (Fsp3) is 0.455. The third-order valence-corrected chi connectivity index (χ3v) is 4.68. The second kappa shape index (κ2) is 4.51. The third kappa shape index (κ3) is 2.25. The van der Waals surface area contributed by atoms with Gasteiger partial charge in [-0.3, -0.25) is 0 Å². The standard InChI is InChI=1S/C11H14FNO2S/c12-10-4-6-11(7-5-10)16(14,15)13-8-2-1-3-9-13/h4-7H,1-3,8-9H2. The summed E-state index contributed by atoms with van der Waals surface area (Å²) >= 11 is 0. The Kier molecular flexibility index (Phi) is 3.25. The monoisotopic (exact) mass is 243 g/mol. The number of halogens is 1. The molecule has 1 aliphatic rings. The van der Waals surface area contributed by atoms with Crippen molar-refractivity contribution in [2.45, 2.75) is 24.2 Å². The fourth-order valence-corrected chi connectivity index (χ4v) is 3.38. The molecule has 5 heteroatoms. The van der Waals surface area contributed by atoms with Gasteiger partial charge in [0, 0.05) is 13.1 Å². The van der Waals surface area contributed by atoms with Gasteiger partial charge in [-0.05, 0) is 37.1 Å². The Labute approximate surface area is 94.9 Å². The molecule has 88 valence electrons. The second-order valence-electron chi connectivity index (χ2n) is 3.92. The molecule has 1 aliphatic heterocycles. The van der Waals surface area contributed by atoms with Crippen molar-refractivity contribution in [3.63, 3.8) is 0 Å². The van der Waals surface area contributed by atoms with E-state index >= 15 is 0 Å². The van der Waals surface area contributed by atoms with Crippen molar-refractivity contribution < 1.29 is 12.8 Å². The summed E-state index contributed by atoms with van der Waals surface area (Å²) < 4.78 is 38.4. The number of hydrogen-bond donors (Lipinski definition) is 0. The molecular formula is C11H14FNO2S. The highest BCUT2D eigenvalue weighted by molar-refractivity contribution is 7.89. The molecule has 16 heavy (non-hydrogen) atoms. The molecule has 0 atom stereocenters. The van der Waals surface area contributed by atoms with Gasteiger partial charge in [-0.25, -0.2) is 12.8 Å². The van der Waals surface area contributed by atoms with Crippen LogP contribution in [0, 0.1) is 5.82 Å². The van der Waals surface area contributed by atoms with E-state index in [4.69, 9.17) is 0 Å². The van der Waals surface area contributed by atoms with Gasteiger partial charge < -0.3 is 0 Å². The van der Waals surface area contributed by atoms with Crippen LogP contribution in [0.3, 0.4) is 0 Å². The van der Waals surface area contributed by atoms with E-state index < -0.39 is 15.8 Å². The first-order valence-electron chi connectivity index (χ1n) is 5.36. The Bertz CT molecular complexity index is 449. The first-order valence-corrected chi connectivity index (χ1v) is 6.80. The number of benzene rings is 1. The minimum absolute atomic E-state index is 0.177. The molecule has 1 fully saturated rings. The van der Waals surface area contributed by atoms with Crippen molar-refractivity contribution in [2.75, 3.05) is 13.1 Å². The van der Waals surface area contributed by atoms with Crippen molar-refractivity contribution in [2.24, 2.45) is 0 Å². The number of piperidine rings is 1. The minimum Gasteiger partial charge on any atom is -0.207 e. The predicted octanol–water partition coefficient (Wildman–Crippen LogP) is 2.00. The topological polar surface area (TPSA) is 37.4 Å². The summed E-state index contributed by atoms with van der Waals surface area (Å²) in [4.78, 5) is 0.177. The number of hydrogen-bond acceptors (Lipinski definition) is 2. The van der Waals surface area contributed by atoms with Crippen molar-refractivity contribution in [1.82, 2.24) is 4.31 Å². The van der Waals surface area contributed by atoms with Gasteiger partial charge in [0.25, 0.3) is 0 Å². The molecule has 1 aromatic carbocycles. The molecule has 0 bridgehead atoms. The van der Waals surface area contributed by atoms with Crippen LogP contribution in [0.1, 0.15) is 19.3 Å². The van der Waals surface area contributed by atoms with E-state index in [9.17, 15) is 12.8 Å². The molecule has 0 amide bonds. The lowest BCUT2D eigenvalue weighted by atomic mass is 10.2. The molecule has 0 radical (unpaired) electrons. The van der Waals surface area contributed by atoms with Gasteiger partial charge in [-0.1, -0.05) is 6.42 Å². The normalized spacial score (nSPS) is 18.6. The maximum atomic E-state index is 12.7. The van der Waals surface area contributed by atoms with Crippen LogP contribution in [-0.2, 0) is 10.0 Å². The first-order chi connectivity index (χ1) is 7.60. The van der Waals surface area contributed by atoms with Crippen molar-refractivity contribution in [1.29, 1.82) is 0 Å². The van der Waals surface area contributed by atoms with Crippen LogP contribution in [0.5, 0.6) is 0 Å². The van der Waals surface area contributed by atoms with Crippen LogP contribution in [-0.4, -0.2) is 25.8 Å². The zero-order valence-corrected chi connectivity index (χ0v) is 9.71. The largest absolute Gasteiger partial charge is 0.243 e. The van der Waals surface area contributed by atoms with E-state index in [2.05, 4.69) is 0 Å². The van der Waals surface area contributed by atoms with Crippen LogP contribution < -0.4 is 0 Å². The average Bonchev–Trinajstić information content (AvgIpc) is 2.31. The molecule has 1 heterocycles. The third-order valence-electron chi connectivity index (χ3n) is 2.77. The molecule has 0 aliphatic carbocycles. The number of nitrogens with zero attached hydrogens (tertiary/aromatic N) is 1.